The first kappa shape index (κ1) is 16.5. The Hall–Kier alpha value is -2.96. The average molecular weight is 354 g/mol. The Labute approximate surface area is 150 Å². The van der Waals surface area contributed by atoms with Gasteiger partial charge in [0.1, 0.15) is 5.82 Å². The van der Waals surface area contributed by atoms with Crippen LogP contribution in [-0.4, -0.2) is 32.3 Å². The van der Waals surface area contributed by atoms with E-state index in [2.05, 4.69) is 10.3 Å². The normalized spacial score (nSPS) is 17.0. The molecule has 1 amide bonds. The quantitative estimate of drug-likeness (QED) is 0.717. The van der Waals surface area contributed by atoms with Gasteiger partial charge in [0, 0.05) is 30.9 Å². The van der Waals surface area contributed by atoms with E-state index >= 15 is 0 Å². The largest absolute Gasteiger partial charge is 0.355 e. The van der Waals surface area contributed by atoms with Gasteiger partial charge in [-0.25, -0.2) is 4.39 Å². The van der Waals surface area contributed by atoms with Gasteiger partial charge in [0.2, 0.25) is 0 Å². The molecule has 7 heteroatoms. The summed E-state index contributed by atoms with van der Waals surface area (Å²) in [5, 5.41) is 8.25. The van der Waals surface area contributed by atoms with Gasteiger partial charge in [0.15, 0.2) is 11.5 Å². The van der Waals surface area contributed by atoms with E-state index in [1.165, 1.54) is 12.1 Å². The van der Waals surface area contributed by atoms with Crippen LogP contribution < -0.4 is 0 Å². The van der Waals surface area contributed by atoms with Crippen LogP contribution in [0.3, 0.4) is 0 Å². The first-order valence-electron chi connectivity index (χ1n) is 8.72. The van der Waals surface area contributed by atoms with Crippen LogP contribution in [0, 0.1) is 5.82 Å². The van der Waals surface area contributed by atoms with E-state index in [9.17, 15) is 9.18 Å². The summed E-state index contributed by atoms with van der Waals surface area (Å²) in [6, 6.07) is 9.47. The summed E-state index contributed by atoms with van der Waals surface area (Å²) in [7, 11) is 0. The second-order valence-electron chi connectivity index (χ2n) is 6.31. The van der Waals surface area contributed by atoms with Gasteiger partial charge >= 0.3 is 0 Å². The van der Waals surface area contributed by atoms with E-state index < -0.39 is 0 Å². The van der Waals surface area contributed by atoms with Crippen molar-refractivity contribution in [3.63, 3.8) is 0 Å². The number of aromatic nitrogens is 3. The van der Waals surface area contributed by atoms with E-state index in [-0.39, 0.29) is 23.5 Å². The van der Waals surface area contributed by atoms with Crippen LogP contribution >= 0.6 is 0 Å². The highest BCUT2D eigenvalue weighted by molar-refractivity contribution is 5.93. The van der Waals surface area contributed by atoms with Gasteiger partial charge in [-0.3, -0.25) is 9.48 Å². The molecule has 1 atom stereocenters. The zero-order chi connectivity index (χ0) is 18.1. The molecule has 2 aromatic heterocycles. The fourth-order valence-electron chi connectivity index (χ4n) is 3.48. The lowest BCUT2D eigenvalue weighted by Crippen LogP contribution is -2.32. The molecule has 1 fully saturated rings. The van der Waals surface area contributed by atoms with Crippen LogP contribution in [-0.2, 0) is 6.54 Å². The molecule has 3 heterocycles. The highest BCUT2D eigenvalue weighted by Gasteiger charge is 2.33. The van der Waals surface area contributed by atoms with Crippen molar-refractivity contribution >= 4 is 5.91 Å². The number of carbonyl (C=O) groups excluding carboxylic acids is 1. The summed E-state index contributed by atoms with van der Waals surface area (Å²) in [5.74, 6) is -0.0341. The Balaban J connectivity index is 1.58. The average Bonchev–Trinajstić information content (AvgIpc) is 3.40. The molecule has 0 saturated carbocycles. The number of hydrogen-bond acceptors (Lipinski definition) is 4. The van der Waals surface area contributed by atoms with Crippen LogP contribution in [0.25, 0.3) is 11.3 Å². The summed E-state index contributed by atoms with van der Waals surface area (Å²) >= 11 is 0. The van der Waals surface area contributed by atoms with E-state index in [1.54, 1.807) is 24.4 Å². The standard InChI is InChI=1S/C19H19FN4O2/c1-2-24-17(9-10-21-24)16-4-3-11-23(16)19(25)15-12-18(26-22-15)13-5-7-14(20)8-6-13/h5-10,12,16H,2-4,11H2,1H3/t16-/m1/s1. The molecule has 0 N–H and O–H groups in total. The lowest BCUT2D eigenvalue weighted by atomic mass is 10.1. The van der Waals surface area contributed by atoms with Gasteiger partial charge in [-0.15, -0.1) is 0 Å². The smallest absolute Gasteiger partial charge is 0.276 e. The van der Waals surface area contributed by atoms with E-state index in [0.29, 0.717) is 17.9 Å². The van der Waals surface area contributed by atoms with Gasteiger partial charge in [0.05, 0.1) is 11.7 Å². The maximum absolute atomic E-state index is 13.1. The molecule has 26 heavy (non-hydrogen) atoms. The fraction of sp³-hybridized carbons (Fsp3) is 0.316. The van der Waals surface area contributed by atoms with E-state index in [0.717, 1.165) is 25.1 Å². The van der Waals surface area contributed by atoms with Crippen LogP contribution in [0.2, 0.25) is 0 Å². The monoisotopic (exact) mass is 354 g/mol. The Morgan fingerprint density at radius 1 is 1.31 bits per heavy atom. The molecule has 4 rings (SSSR count). The predicted molar refractivity (Wildman–Crippen MR) is 92.8 cm³/mol. The van der Waals surface area contributed by atoms with Crippen molar-refractivity contribution in [2.75, 3.05) is 6.54 Å². The molecule has 0 aliphatic carbocycles. The minimum absolute atomic E-state index is 0.00378. The summed E-state index contributed by atoms with van der Waals surface area (Å²) < 4.78 is 20.3. The second-order valence-corrected chi connectivity index (χ2v) is 6.31. The van der Waals surface area contributed by atoms with Crippen LogP contribution in [0.15, 0.2) is 47.1 Å². The van der Waals surface area contributed by atoms with Crippen molar-refractivity contribution in [2.45, 2.75) is 32.4 Å². The molecule has 3 aromatic rings. The van der Waals surface area contributed by atoms with Crippen molar-refractivity contribution < 1.29 is 13.7 Å². The molecule has 6 nitrogen and oxygen atoms in total. The summed E-state index contributed by atoms with van der Waals surface area (Å²) in [4.78, 5) is 14.8. The lowest BCUT2D eigenvalue weighted by Gasteiger charge is -2.24. The number of nitrogens with zero attached hydrogens (tertiary/aromatic N) is 4. The van der Waals surface area contributed by atoms with Gasteiger partial charge < -0.3 is 9.42 Å². The van der Waals surface area contributed by atoms with Crippen molar-refractivity contribution in [1.82, 2.24) is 19.8 Å². The van der Waals surface area contributed by atoms with E-state index in [4.69, 9.17) is 4.52 Å². The molecule has 0 radical (unpaired) electrons. The number of rotatable bonds is 4. The zero-order valence-electron chi connectivity index (χ0n) is 14.4. The first-order valence-corrected chi connectivity index (χ1v) is 8.72. The third-order valence-electron chi connectivity index (χ3n) is 4.76. The number of hydrogen-bond donors (Lipinski definition) is 0. The number of aryl methyl sites for hydroxylation is 1. The number of halogens is 1. The van der Waals surface area contributed by atoms with Crippen molar-refractivity contribution in [1.29, 1.82) is 0 Å². The first-order chi connectivity index (χ1) is 12.7. The maximum Gasteiger partial charge on any atom is 0.276 e. The van der Waals surface area contributed by atoms with Gasteiger partial charge in [-0.1, -0.05) is 5.16 Å². The fourth-order valence-corrected chi connectivity index (χ4v) is 3.48. The number of likely N-dealkylation sites (tertiary alicyclic amines) is 1. The third-order valence-corrected chi connectivity index (χ3v) is 4.76. The summed E-state index contributed by atoms with van der Waals surface area (Å²) in [6.45, 7) is 3.47. The van der Waals surface area contributed by atoms with E-state index in [1.807, 2.05) is 22.6 Å². The molecule has 0 spiro atoms. The molecule has 1 aromatic carbocycles. The molecule has 1 aliphatic heterocycles. The summed E-state index contributed by atoms with van der Waals surface area (Å²) in [5.41, 5.74) is 1.99. The molecule has 0 unspecified atom stereocenters. The predicted octanol–water partition coefficient (Wildman–Crippen LogP) is 3.67. The highest BCUT2D eigenvalue weighted by atomic mass is 19.1. The molecular formula is C19H19FN4O2. The number of carbonyl (C=O) groups is 1. The molecule has 134 valence electrons. The molecule has 1 saturated heterocycles. The minimum Gasteiger partial charge on any atom is -0.355 e. The Morgan fingerprint density at radius 2 is 2.12 bits per heavy atom. The minimum atomic E-state index is -0.322. The molecule has 0 bridgehead atoms. The highest BCUT2D eigenvalue weighted by Crippen LogP contribution is 2.33. The Bertz CT molecular complexity index is 916. The molecular weight excluding hydrogens is 335 g/mol. The van der Waals surface area contributed by atoms with Crippen molar-refractivity contribution in [3.05, 3.63) is 59.8 Å². The molecule has 1 aliphatic rings. The van der Waals surface area contributed by atoms with Crippen molar-refractivity contribution in [3.8, 4) is 11.3 Å². The van der Waals surface area contributed by atoms with Crippen LogP contribution in [0.1, 0.15) is 42.0 Å². The van der Waals surface area contributed by atoms with Crippen molar-refractivity contribution in [2.24, 2.45) is 0 Å². The number of amides is 1. The summed E-state index contributed by atoms with van der Waals surface area (Å²) in [6.07, 6.45) is 3.61. The van der Waals surface area contributed by atoms with Crippen LogP contribution in [0.4, 0.5) is 4.39 Å². The van der Waals surface area contributed by atoms with Gasteiger partial charge in [0.25, 0.3) is 5.91 Å². The van der Waals surface area contributed by atoms with Gasteiger partial charge in [-0.2, -0.15) is 5.10 Å². The SMILES string of the molecule is CCn1nccc1[C@H]1CCCN1C(=O)c1cc(-c2ccc(F)cc2)on1. The maximum atomic E-state index is 13.1. The second kappa shape index (κ2) is 6.74. The Morgan fingerprint density at radius 3 is 2.88 bits per heavy atom. The van der Waals surface area contributed by atoms with Gasteiger partial charge in [-0.05, 0) is 50.1 Å². The third kappa shape index (κ3) is 2.89. The zero-order valence-corrected chi connectivity index (χ0v) is 14.4. The number of benzene rings is 1. The lowest BCUT2D eigenvalue weighted by molar-refractivity contribution is 0.0719. The topological polar surface area (TPSA) is 64.2 Å². The van der Waals surface area contributed by atoms with Crippen LogP contribution in [0.5, 0.6) is 0 Å². The Kier molecular flexibility index (Phi) is 4.28.